The van der Waals surface area contributed by atoms with Crippen LogP contribution in [-0.2, 0) is 11.3 Å². The number of ketones is 2. The number of amides is 1. The van der Waals surface area contributed by atoms with Gasteiger partial charge in [0, 0.05) is 48.7 Å². The van der Waals surface area contributed by atoms with E-state index in [1.54, 1.807) is 24.3 Å². The summed E-state index contributed by atoms with van der Waals surface area (Å²) in [5, 5.41) is 9.43. The average molecular weight is 515 g/mol. The number of carbonyl (C=O) groups is 3. The Morgan fingerprint density at radius 1 is 0.737 bits per heavy atom. The number of unbranched alkanes of at least 4 members (excludes halogenated alkanes) is 1. The molecule has 3 aromatic rings. The van der Waals surface area contributed by atoms with E-state index in [4.69, 9.17) is 4.74 Å². The summed E-state index contributed by atoms with van der Waals surface area (Å²) in [4.78, 5) is 40.9. The molecule has 0 radical (unpaired) electrons. The molecule has 38 heavy (non-hydrogen) atoms. The lowest BCUT2D eigenvalue weighted by Crippen LogP contribution is -2.26. The first kappa shape index (κ1) is 26.9. The lowest BCUT2D eigenvalue weighted by molar-refractivity contribution is 0.0980. The number of hydrogen-bond donors (Lipinski definition) is 3. The molecule has 0 aromatic heterocycles. The van der Waals surface area contributed by atoms with E-state index in [9.17, 15) is 14.4 Å². The van der Waals surface area contributed by atoms with Crippen molar-refractivity contribution in [3.8, 4) is 0 Å². The Bertz CT molecular complexity index is 1290. The van der Waals surface area contributed by atoms with Crippen LogP contribution in [0.2, 0.25) is 0 Å². The third kappa shape index (κ3) is 6.58. The molecule has 0 spiro atoms. The number of likely N-dealkylation sites (N-methyl/N-ethyl adjacent to an activating group) is 1. The van der Waals surface area contributed by atoms with Gasteiger partial charge in [-0.3, -0.25) is 9.59 Å². The Hall–Kier alpha value is -4.17. The van der Waals surface area contributed by atoms with Crippen LogP contribution in [0.4, 0.5) is 16.2 Å². The first-order chi connectivity index (χ1) is 18.5. The van der Waals surface area contributed by atoms with Crippen LogP contribution < -0.4 is 16.0 Å². The van der Waals surface area contributed by atoms with Gasteiger partial charge in [0.15, 0.2) is 11.6 Å². The summed E-state index contributed by atoms with van der Waals surface area (Å²) in [6.07, 6.45) is 1.04. The van der Waals surface area contributed by atoms with Crippen LogP contribution in [0.3, 0.4) is 0 Å². The van der Waals surface area contributed by atoms with Gasteiger partial charge in [-0.15, -0.1) is 0 Å². The molecule has 8 nitrogen and oxygen atoms in total. The summed E-state index contributed by atoms with van der Waals surface area (Å²) in [6.45, 7) is 2.74. The van der Waals surface area contributed by atoms with Crippen LogP contribution in [0, 0.1) is 0 Å². The van der Waals surface area contributed by atoms with Gasteiger partial charge in [-0.05, 0) is 44.6 Å². The van der Waals surface area contributed by atoms with Gasteiger partial charge < -0.3 is 25.6 Å². The summed E-state index contributed by atoms with van der Waals surface area (Å²) in [5.41, 5.74) is 3.93. The Labute approximate surface area is 223 Å². The average Bonchev–Trinajstić information content (AvgIpc) is 2.93. The highest BCUT2D eigenvalue weighted by Crippen LogP contribution is 2.36. The van der Waals surface area contributed by atoms with Gasteiger partial charge in [-0.1, -0.05) is 54.6 Å². The Kier molecular flexibility index (Phi) is 9.11. The molecule has 198 valence electrons. The number of anilines is 2. The van der Waals surface area contributed by atoms with E-state index < -0.39 is 6.09 Å². The Morgan fingerprint density at radius 3 is 1.89 bits per heavy atom. The van der Waals surface area contributed by atoms with Gasteiger partial charge in [-0.25, -0.2) is 4.79 Å². The lowest BCUT2D eigenvalue weighted by atomic mass is 9.82. The van der Waals surface area contributed by atoms with Crippen molar-refractivity contribution in [3.05, 3.63) is 94.5 Å². The van der Waals surface area contributed by atoms with Crippen molar-refractivity contribution in [2.75, 3.05) is 50.9 Å². The molecular weight excluding hydrogens is 480 g/mol. The standard InChI is InChI=1S/C30H34N4O4/c1-34(2)19-18-32-25-15-14-24(26-27(25)29(36)23-13-7-6-12-22(23)28(26)35)31-16-8-9-17-33-30(37)38-20-21-10-4-3-5-11-21/h3-7,10-15,31-32H,8-9,16-20H2,1-2H3,(H,33,37). The largest absolute Gasteiger partial charge is 0.445 e. The van der Waals surface area contributed by atoms with Crippen LogP contribution in [0.1, 0.15) is 50.2 Å². The summed E-state index contributed by atoms with van der Waals surface area (Å²) in [5.74, 6) is -0.304. The molecular formula is C30H34N4O4. The number of alkyl carbamates (subject to hydrolysis) is 1. The maximum Gasteiger partial charge on any atom is 0.407 e. The molecule has 4 rings (SSSR count). The second-order valence-electron chi connectivity index (χ2n) is 9.47. The molecule has 0 atom stereocenters. The van der Waals surface area contributed by atoms with E-state index in [-0.39, 0.29) is 18.2 Å². The van der Waals surface area contributed by atoms with E-state index in [0.29, 0.717) is 53.3 Å². The summed E-state index contributed by atoms with van der Waals surface area (Å²) in [7, 11) is 3.97. The molecule has 1 aliphatic rings. The number of ether oxygens (including phenoxy) is 1. The molecule has 0 bridgehead atoms. The number of carbonyl (C=O) groups excluding carboxylic acids is 3. The molecule has 1 amide bonds. The highest BCUT2D eigenvalue weighted by atomic mass is 16.5. The SMILES string of the molecule is CN(C)CCNc1ccc(NCCCCNC(=O)OCc2ccccc2)c2c1C(=O)c1ccccc1C2=O. The van der Waals surface area contributed by atoms with Crippen molar-refractivity contribution >= 4 is 29.0 Å². The Morgan fingerprint density at radius 2 is 1.29 bits per heavy atom. The molecule has 0 saturated heterocycles. The third-order valence-electron chi connectivity index (χ3n) is 6.35. The molecule has 0 heterocycles. The smallest absolute Gasteiger partial charge is 0.407 e. The fourth-order valence-electron chi connectivity index (χ4n) is 4.37. The maximum atomic E-state index is 13.5. The maximum absolute atomic E-state index is 13.5. The number of hydrogen-bond acceptors (Lipinski definition) is 7. The fourth-order valence-corrected chi connectivity index (χ4v) is 4.37. The van der Waals surface area contributed by atoms with Crippen molar-refractivity contribution in [1.29, 1.82) is 0 Å². The molecule has 0 aliphatic heterocycles. The first-order valence-electron chi connectivity index (χ1n) is 12.9. The minimum absolute atomic E-state index is 0.149. The molecule has 8 heteroatoms. The second-order valence-corrected chi connectivity index (χ2v) is 9.47. The lowest BCUT2D eigenvalue weighted by Gasteiger charge is -2.24. The molecule has 3 aromatic carbocycles. The van der Waals surface area contributed by atoms with E-state index in [1.165, 1.54) is 0 Å². The topological polar surface area (TPSA) is 99.8 Å². The van der Waals surface area contributed by atoms with Gasteiger partial charge in [-0.2, -0.15) is 0 Å². The zero-order chi connectivity index (χ0) is 26.9. The summed E-state index contributed by atoms with van der Waals surface area (Å²) in [6, 6.07) is 20.2. The fraction of sp³-hybridized carbons (Fsp3) is 0.300. The highest BCUT2D eigenvalue weighted by molar-refractivity contribution is 6.31. The van der Waals surface area contributed by atoms with Crippen LogP contribution in [-0.4, -0.2) is 62.8 Å². The summed E-state index contributed by atoms with van der Waals surface area (Å²) < 4.78 is 5.23. The van der Waals surface area contributed by atoms with Gasteiger partial charge in [0.2, 0.25) is 0 Å². The zero-order valence-electron chi connectivity index (χ0n) is 21.9. The monoisotopic (exact) mass is 514 g/mol. The molecule has 0 fully saturated rings. The summed E-state index contributed by atoms with van der Waals surface area (Å²) >= 11 is 0. The van der Waals surface area contributed by atoms with Gasteiger partial charge in [0.25, 0.3) is 0 Å². The predicted octanol–water partition coefficient (Wildman–Crippen LogP) is 4.55. The van der Waals surface area contributed by atoms with Crippen LogP contribution in [0.15, 0.2) is 66.7 Å². The number of nitrogens with one attached hydrogen (secondary N) is 3. The van der Waals surface area contributed by atoms with Crippen LogP contribution >= 0.6 is 0 Å². The first-order valence-corrected chi connectivity index (χ1v) is 12.9. The molecule has 1 aliphatic carbocycles. The third-order valence-corrected chi connectivity index (χ3v) is 6.35. The van der Waals surface area contributed by atoms with Crippen molar-refractivity contribution in [2.45, 2.75) is 19.4 Å². The zero-order valence-corrected chi connectivity index (χ0v) is 21.9. The van der Waals surface area contributed by atoms with E-state index >= 15 is 0 Å². The molecule has 0 saturated carbocycles. The number of nitrogens with zero attached hydrogens (tertiary/aromatic N) is 1. The van der Waals surface area contributed by atoms with Crippen LogP contribution in [0.5, 0.6) is 0 Å². The number of fused-ring (bicyclic) bond motifs is 2. The van der Waals surface area contributed by atoms with Crippen LogP contribution in [0.25, 0.3) is 0 Å². The minimum Gasteiger partial charge on any atom is -0.445 e. The highest BCUT2D eigenvalue weighted by Gasteiger charge is 2.33. The van der Waals surface area contributed by atoms with E-state index in [0.717, 1.165) is 24.9 Å². The van der Waals surface area contributed by atoms with Crippen molar-refractivity contribution in [1.82, 2.24) is 10.2 Å². The molecule has 3 N–H and O–H groups in total. The van der Waals surface area contributed by atoms with Crippen molar-refractivity contribution in [2.24, 2.45) is 0 Å². The minimum atomic E-state index is -0.448. The normalized spacial score (nSPS) is 12.1. The Balaban J connectivity index is 1.35. The molecule has 0 unspecified atom stereocenters. The quantitative estimate of drug-likeness (QED) is 0.239. The van der Waals surface area contributed by atoms with E-state index in [2.05, 4.69) is 20.9 Å². The van der Waals surface area contributed by atoms with Gasteiger partial charge in [0.05, 0.1) is 11.1 Å². The van der Waals surface area contributed by atoms with Gasteiger partial charge in [0.1, 0.15) is 6.61 Å². The number of rotatable bonds is 12. The van der Waals surface area contributed by atoms with E-state index in [1.807, 2.05) is 56.6 Å². The van der Waals surface area contributed by atoms with Gasteiger partial charge >= 0.3 is 6.09 Å². The van der Waals surface area contributed by atoms with Crippen molar-refractivity contribution < 1.29 is 19.1 Å². The predicted molar refractivity (Wildman–Crippen MR) is 149 cm³/mol. The number of benzene rings is 3. The van der Waals surface area contributed by atoms with Crippen molar-refractivity contribution in [3.63, 3.8) is 0 Å². The second kappa shape index (κ2) is 12.9.